The van der Waals surface area contributed by atoms with Gasteiger partial charge in [-0.2, -0.15) is 0 Å². The number of para-hydroxylation sites is 1. The van der Waals surface area contributed by atoms with E-state index in [1.807, 2.05) is 36.4 Å². The third-order valence-electron chi connectivity index (χ3n) is 6.82. The van der Waals surface area contributed by atoms with E-state index in [1.54, 1.807) is 11.0 Å². The molecule has 0 spiro atoms. The Morgan fingerprint density at radius 1 is 0.889 bits per heavy atom. The van der Waals surface area contributed by atoms with Crippen molar-refractivity contribution in [3.8, 4) is 5.75 Å². The fourth-order valence-corrected chi connectivity index (χ4v) is 6.14. The van der Waals surface area contributed by atoms with E-state index in [0.717, 1.165) is 54.0 Å². The summed E-state index contributed by atoms with van der Waals surface area (Å²) in [5, 5.41) is 0.973. The van der Waals surface area contributed by atoms with Crippen molar-refractivity contribution < 1.29 is 9.53 Å². The maximum Gasteiger partial charge on any atom is 0.227 e. The summed E-state index contributed by atoms with van der Waals surface area (Å²) in [6, 6.07) is 20.0. The minimum Gasteiger partial charge on any atom is -0.490 e. The number of benzene rings is 3. The first-order valence-corrected chi connectivity index (χ1v) is 13.8. The van der Waals surface area contributed by atoms with Gasteiger partial charge in [0.15, 0.2) is 0 Å². The van der Waals surface area contributed by atoms with Gasteiger partial charge in [-0.25, -0.2) is 0 Å². The molecular weight excluding hydrogens is 561 g/mol. The Bertz CT molecular complexity index is 1230. The first-order chi connectivity index (χ1) is 17.5. The van der Waals surface area contributed by atoms with Crippen LogP contribution in [0.25, 0.3) is 0 Å². The van der Waals surface area contributed by atoms with Crippen LogP contribution in [-0.4, -0.2) is 50.1 Å². The van der Waals surface area contributed by atoms with Crippen molar-refractivity contribution in [2.75, 3.05) is 49.1 Å². The van der Waals surface area contributed by atoms with E-state index in [0.29, 0.717) is 41.8 Å². The largest absolute Gasteiger partial charge is 0.490 e. The zero-order valence-electron chi connectivity index (χ0n) is 19.9. The molecule has 0 saturated carbocycles. The summed E-state index contributed by atoms with van der Waals surface area (Å²) in [6.45, 7) is 5.68. The molecule has 3 aromatic rings. The average molecular weight is 589 g/mol. The maximum atomic E-state index is 12.9. The second kappa shape index (κ2) is 11.4. The highest BCUT2D eigenvalue weighted by atomic mass is 79.9. The highest BCUT2D eigenvalue weighted by Crippen LogP contribution is 2.45. The van der Waals surface area contributed by atoms with E-state index in [9.17, 15) is 4.79 Å². The molecule has 1 amide bonds. The Labute approximate surface area is 230 Å². The van der Waals surface area contributed by atoms with Crippen molar-refractivity contribution in [1.82, 2.24) is 4.90 Å². The third kappa shape index (κ3) is 5.52. The summed E-state index contributed by atoms with van der Waals surface area (Å²) in [5.41, 5.74) is 3.93. The normalized spacial score (nSPS) is 16.2. The number of halogens is 3. The molecule has 2 aliphatic heterocycles. The van der Waals surface area contributed by atoms with Crippen molar-refractivity contribution in [2.45, 2.75) is 19.4 Å². The van der Waals surface area contributed by atoms with E-state index in [-0.39, 0.29) is 5.91 Å². The standard InChI is InChI=1S/C28H28BrCl2N3O2/c29-22-8-4-5-9-25(22)33-14-12-32(13-15-33)16-17-36-28-21-10-11-26(35)34(19-20-6-2-1-3-7-20)27(21)23(30)18-24(28)31/h1-9,18H,10-17,19H2. The summed E-state index contributed by atoms with van der Waals surface area (Å²) in [7, 11) is 0. The van der Waals surface area contributed by atoms with Crippen LogP contribution in [0.1, 0.15) is 17.5 Å². The second-order valence-electron chi connectivity index (χ2n) is 9.09. The van der Waals surface area contributed by atoms with Crippen LogP contribution < -0.4 is 14.5 Å². The molecule has 0 radical (unpaired) electrons. The summed E-state index contributed by atoms with van der Waals surface area (Å²) in [6.07, 6.45) is 0.976. The number of hydrogen-bond donors (Lipinski definition) is 0. The molecule has 36 heavy (non-hydrogen) atoms. The number of fused-ring (bicyclic) bond motifs is 1. The topological polar surface area (TPSA) is 36.0 Å². The first kappa shape index (κ1) is 25.4. The Kier molecular flexibility index (Phi) is 8.06. The van der Waals surface area contributed by atoms with Crippen molar-refractivity contribution in [3.05, 3.63) is 86.3 Å². The molecule has 188 valence electrons. The highest BCUT2D eigenvalue weighted by molar-refractivity contribution is 9.10. The number of carbonyl (C=O) groups is 1. The lowest BCUT2D eigenvalue weighted by Crippen LogP contribution is -2.47. The monoisotopic (exact) mass is 587 g/mol. The number of hydrogen-bond acceptors (Lipinski definition) is 4. The van der Waals surface area contributed by atoms with Gasteiger partial charge in [0.05, 0.1) is 28.0 Å². The Balaban J connectivity index is 1.25. The predicted molar refractivity (Wildman–Crippen MR) is 151 cm³/mol. The van der Waals surface area contributed by atoms with Gasteiger partial charge in [0.1, 0.15) is 12.4 Å². The van der Waals surface area contributed by atoms with Crippen LogP contribution in [0.3, 0.4) is 0 Å². The van der Waals surface area contributed by atoms with Gasteiger partial charge in [0.2, 0.25) is 5.91 Å². The number of amides is 1. The second-order valence-corrected chi connectivity index (χ2v) is 10.8. The van der Waals surface area contributed by atoms with Crippen LogP contribution in [0.15, 0.2) is 65.1 Å². The predicted octanol–water partition coefficient (Wildman–Crippen LogP) is 6.44. The molecule has 0 aromatic heterocycles. The summed E-state index contributed by atoms with van der Waals surface area (Å²) < 4.78 is 7.39. The van der Waals surface area contributed by atoms with Crippen LogP contribution >= 0.6 is 39.1 Å². The fraction of sp³-hybridized carbons (Fsp3) is 0.321. The van der Waals surface area contributed by atoms with Crippen LogP contribution in [0.5, 0.6) is 5.75 Å². The Morgan fingerprint density at radius 2 is 1.61 bits per heavy atom. The number of nitrogens with zero attached hydrogens (tertiary/aromatic N) is 3. The number of ether oxygens (including phenoxy) is 1. The zero-order valence-corrected chi connectivity index (χ0v) is 23.0. The van der Waals surface area contributed by atoms with Crippen LogP contribution in [0, 0.1) is 0 Å². The van der Waals surface area contributed by atoms with Crippen LogP contribution in [0.4, 0.5) is 11.4 Å². The van der Waals surface area contributed by atoms with Gasteiger partial charge >= 0.3 is 0 Å². The van der Waals surface area contributed by atoms with Gasteiger partial charge in [-0.15, -0.1) is 0 Å². The average Bonchev–Trinajstić information content (AvgIpc) is 2.89. The molecule has 2 heterocycles. The van der Waals surface area contributed by atoms with E-state index in [4.69, 9.17) is 27.9 Å². The van der Waals surface area contributed by atoms with E-state index in [1.165, 1.54) is 5.69 Å². The third-order valence-corrected chi connectivity index (χ3v) is 8.06. The molecule has 0 N–H and O–H groups in total. The molecule has 1 saturated heterocycles. The number of carbonyl (C=O) groups excluding carboxylic acids is 1. The minimum absolute atomic E-state index is 0.0597. The molecule has 3 aromatic carbocycles. The number of piperazine rings is 1. The Morgan fingerprint density at radius 3 is 2.36 bits per heavy atom. The Hall–Kier alpha value is -2.25. The molecular formula is C28H28BrCl2N3O2. The molecule has 8 heteroatoms. The highest BCUT2D eigenvalue weighted by Gasteiger charge is 2.31. The van der Waals surface area contributed by atoms with Gasteiger partial charge in [-0.3, -0.25) is 9.69 Å². The molecule has 0 aliphatic carbocycles. The SMILES string of the molecule is O=C1CCc2c(OCCN3CCN(c4ccccc4Br)CC3)c(Cl)cc(Cl)c2N1Cc1ccccc1. The van der Waals surface area contributed by atoms with E-state index in [2.05, 4.69) is 43.9 Å². The maximum absolute atomic E-state index is 12.9. The molecule has 0 bridgehead atoms. The molecule has 1 fully saturated rings. The summed E-state index contributed by atoms with van der Waals surface area (Å²) in [5.74, 6) is 0.706. The lowest BCUT2D eigenvalue weighted by molar-refractivity contribution is -0.119. The lowest BCUT2D eigenvalue weighted by atomic mass is 9.99. The minimum atomic E-state index is 0.0597. The van der Waals surface area contributed by atoms with Crippen molar-refractivity contribution in [2.24, 2.45) is 0 Å². The van der Waals surface area contributed by atoms with Gasteiger partial charge < -0.3 is 14.5 Å². The van der Waals surface area contributed by atoms with Crippen molar-refractivity contribution in [3.63, 3.8) is 0 Å². The van der Waals surface area contributed by atoms with E-state index >= 15 is 0 Å². The molecule has 0 unspecified atom stereocenters. The van der Waals surface area contributed by atoms with Crippen LogP contribution in [0.2, 0.25) is 10.0 Å². The van der Waals surface area contributed by atoms with Gasteiger partial charge in [0, 0.05) is 49.2 Å². The first-order valence-electron chi connectivity index (χ1n) is 12.2. The van der Waals surface area contributed by atoms with Crippen molar-refractivity contribution >= 4 is 56.4 Å². The molecule has 2 aliphatic rings. The van der Waals surface area contributed by atoms with Gasteiger partial charge in [0.25, 0.3) is 0 Å². The zero-order chi connectivity index (χ0) is 25.1. The van der Waals surface area contributed by atoms with Crippen molar-refractivity contribution in [1.29, 1.82) is 0 Å². The summed E-state index contributed by atoms with van der Waals surface area (Å²) in [4.78, 5) is 19.4. The molecule has 0 atom stereocenters. The lowest BCUT2D eigenvalue weighted by Gasteiger charge is -2.36. The number of rotatable bonds is 7. The van der Waals surface area contributed by atoms with Crippen LogP contribution in [-0.2, 0) is 17.8 Å². The quantitative estimate of drug-likeness (QED) is 0.318. The van der Waals surface area contributed by atoms with Gasteiger partial charge in [-0.05, 0) is 46.1 Å². The molecule has 5 rings (SSSR count). The number of anilines is 2. The van der Waals surface area contributed by atoms with Gasteiger partial charge in [-0.1, -0.05) is 65.7 Å². The van der Waals surface area contributed by atoms with E-state index < -0.39 is 0 Å². The smallest absolute Gasteiger partial charge is 0.227 e. The fourth-order valence-electron chi connectivity index (χ4n) is 4.94. The molecule has 5 nitrogen and oxygen atoms in total. The summed E-state index contributed by atoms with van der Waals surface area (Å²) >= 11 is 16.9.